The molecule has 3 aromatic rings. The highest BCUT2D eigenvalue weighted by molar-refractivity contribution is 5.68. The second-order valence-electron chi connectivity index (χ2n) is 4.36. The lowest BCUT2D eigenvalue weighted by atomic mass is 10.1. The molecule has 3 rings (SSSR count). The lowest BCUT2D eigenvalue weighted by Gasteiger charge is -2.06. The smallest absolute Gasteiger partial charge is 0.270 e. The molecule has 3 N–H and O–H groups in total. The van der Waals surface area contributed by atoms with E-state index in [2.05, 4.69) is 15.1 Å². The number of H-pyrrole nitrogens is 1. The number of nitrogen functional groups attached to an aromatic ring is 1. The van der Waals surface area contributed by atoms with Crippen LogP contribution in [0.25, 0.3) is 17.0 Å². The maximum Gasteiger partial charge on any atom is 0.270 e. The van der Waals surface area contributed by atoms with Gasteiger partial charge in [0.15, 0.2) is 0 Å². The van der Waals surface area contributed by atoms with E-state index < -0.39 is 5.56 Å². The van der Waals surface area contributed by atoms with Gasteiger partial charge in [0.25, 0.3) is 5.56 Å². The molecule has 1 aromatic carbocycles. The number of benzene rings is 1. The molecule has 0 unspecified atom stereocenters. The summed E-state index contributed by atoms with van der Waals surface area (Å²) in [5.41, 5.74) is 7.18. The summed E-state index contributed by atoms with van der Waals surface area (Å²) in [6.07, 6.45) is 0. The number of hydrogen-bond donors (Lipinski definition) is 2. The Kier molecular flexibility index (Phi) is 2.51. The Labute approximate surface area is 113 Å². The second-order valence-corrected chi connectivity index (χ2v) is 4.36. The third-order valence-electron chi connectivity index (χ3n) is 2.96. The molecule has 0 aliphatic rings. The van der Waals surface area contributed by atoms with Crippen molar-refractivity contribution in [2.45, 2.75) is 6.92 Å². The van der Waals surface area contributed by atoms with Gasteiger partial charge in [0.1, 0.15) is 11.6 Å². The highest BCUT2D eigenvalue weighted by Crippen LogP contribution is 2.22. The third-order valence-corrected chi connectivity index (χ3v) is 2.96. The summed E-state index contributed by atoms with van der Waals surface area (Å²) >= 11 is 0. The van der Waals surface area contributed by atoms with Gasteiger partial charge in [-0.15, -0.1) is 5.10 Å². The molecule has 0 aliphatic heterocycles. The van der Waals surface area contributed by atoms with Crippen molar-refractivity contribution in [2.75, 3.05) is 5.73 Å². The fourth-order valence-electron chi connectivity index (χ4n) is 2.02. The first-order valence-corrected chi connectivity index (χ1v) is 5.86. The standard InChI is InChI=1S/C13H10N6O/c1-7-2-4-8(5-3-7)10-9(6-14)11(20)16-13-17-12(15)18-19(10)13/h2-5H,1H3,(H3,15,16,17,18,20). The van der Waals surface area contributed by atoms with E-state index in [4.69, 9.17) is 5.73 Å². The first-order chi connectivity index (χ1) is 9.60. The maximum absolute atomic E-state index is 11.9. The maximum atomic E-state index is 11.9. The van der Waals surface area contributed by atoms with E-state index in [1.165, 1.54) is 4.52 Å². The lowest BCUT2D eigenvalue weighted by molar-refractivity contribution is 0.938. The number of nitrogens with zero attached hydrogens (tertiary/aromatic N) is 4. The predicted octanol–water partition coefficient (Wildman–Crippen LogP) is 0.847. The predicted molar refractivity (Wildman–Crippen MR) is 72.9 cm³/mol. The average Bonchev–Trinajstić information content (AvgIpc) is 2.78. The van der Waals surface area contributed by atoms with E-state index in [1.807, 2.05) is 37.3 Å². The zero-order chi connectivity index (χ0) is 14.3. The number of aryl methyl sites for hydroxylation is 1. The molecule has 2 heterocycles. The number of fused-ring (bicyclic) bond motifs is 1. The van der Waals surface area contributed by atoms with Crippen LogP contribution < -0.4 is 11.3 Å². The molecule has 0 saturated heterocycles. The van der Waals surface area contributed by atoms with Crippen LogP contribution in [0.5, 0.6) is 0 Å². The number of nitrogens with two attached hydrogens (primary N) is 1. The van der Waals surface area contributed by atoms with Crippen molar-refractivity contribution in [3.05, 3.63) is 45.7 Å². The number of aromatic nitrogens is 4. The Morgan fingerprint density at radius 1 is 1.35 bits per heavy atom. The minimum Gasteiger partial charge on any atom is -0.366 e. The largest absolute Gasteiger partial charge is 0.366 e. The Morgan fingerprint density at radius 2 is 2.05 bits per heavy atom. The van der Waals surface area contributed by atoms with Crippen molar-refractivity contribution >= 4 is 11.7 Å². The molecular weight excluding hydrogens is 256 g/mol. The molecule has 0 aliphatic carbocycles. The van der Waals surface area contributed by atoms with E-state index in [-0.39, 0.29) is 17.3 Å². The molecule has 0 radical (unpaired) electrons. The van der Waals surface area contributed by atoms with Gasteiger partial charge < -0.3 is 5.73 Å². The third kappa shape index (κ3) is 1.71. The van der Waals surface area contributed by atoms with Crippen LogP contribution in [0.1, 0.15) is 11.1 Å². The second kappa shape index (κ2) is 4.20. The van der Waals surface area contributed by atoms with Crippen molar-refractivity contribution in [1.82, 2.24) is 19.6 Å². The van der Waals surface area contributed by atoms with Crippen molar-refractivity contribution in [3.8, 4) is 17.3 Å². The number of nitrogens with one attached hydrogen (secondary N) is 1. The van der Waals surface area contributed by atoms with Crippen LogP contribution in [0.2, 0.25) is 0 Å². The molecule has 0 bridgehead atoms. The average molecular weight is 266 g/mol. The van der Waals surface area contributed by atoms with Crippen LogP contribution in [0.4, 0.5) is 5.95 Å². The van der Waals surface area contributed by atoms with Crippen molar-refractivity contribution in [1.29, 1.82) is 5.26 Å². The van der Waals surface area contributed by atoms with Gasteiger partial charge in [-0.3, -0.25) is 9.78 Å². The fourth-order valence-corrected chi connectivity index (χ4v) is 2.02. The van der Waals surface area contributed by atoms with E-state index in [9.17, 15) is 10.1 Å². The number of anilines is 1. The molecule has 7 heteroatoms. The van der Waals surface area contributed by atoms with Gasteiger partial charge in [-0.05, 0) is 6.92 Å². The lowest BCUT2D eigenvalue weighted by Crippen LogP contribution is -2.16. The van der Waals surface area contributed by atoms with Crippen LogP contribution in [-0.2, 0) is 0 Å². The zero-order valence-electron chi connectivity index (χ0n) is 10.6. The Balaban J connectivity index is 2.46. The normalized spacial score (nSPS) is 10.6. The number of rotatable bonds is 1. The van der Waals surface area contributed by atoms with Crippen LogP contribution in [0, 0.1) is 18.3 Å². The summed E-state index contributed by atoms with van der Waals surface area (Å²) in [6.45, 7) is 1.95. The van der Waals surface area contributed by atoms with Crippen LogP contribution in [0.15, 0.2) is 29.1 Å². The van der Waals surface area contributed by atoms with E-state index >= 15 is 0 Å². The van der Waals surface area contributed by atoms with Crippen LogP contribution >= 0.6 is 0 Å². The number of hydrogen-bond acceptors (Lipinski definition) is 5. The van der Waals surface area contributed by atoms with E-state index in [1.54, 1.807) is 0 Å². The number of aromatic amines is 1. The van der Waals surface area contributed by atoms with Crippen molar-refractivity contribution in [3.63, 3.8) is 0 Å². The molecule has 20 heavy (non-hydrogen) atoms. The van der Waals surface area contributed by atoms with Crippen molar-refractivity contribution < 1.29 is 0 Å². The minimum atomic E-state index is -0.511. The van der Waals surface area contributed by atoms with Gasteiger partial charge in [0, 0.05) is 5.56 Å². The zero-order valence-corrected chi connectivity index (χ0v) is 10.6. The van der Waals surface area contributed by atoms with Gasteiger partial charge in [0.2, 0.25) is 11.7 Å². The summed E-state index contributed by atoms with van der Waals surface area (Å²) in [5, 5.41) is 13.2. The molecule has 0 fully saturated rings. The first-order valence-electron chi connectivity index (χ1n) is 5.86. The Hall–Kier alpha value is -3.14. The van der Waals surface area contributed by atoms with Crippen LogP contribution in [0.3, 0.4) is 0 Å². The van der Waals surface area contributed by atoms with Gasteiger partial charge >= 0.3 is 0 Å². The molecular formula is C13H10N6O. The Morgan fingerprint density at radius 3 is 2.70 bits per heavy atom. The quantitative estimate of drug-likeness (QED) is 0.677. The molecule has 0 spiro atoms. The minimum absolute atomic E-state index is 0.0220. The van der Waals surface area contributed by atoms with Crippen LogP contribution in [-0.4, -0.2) is 19.6 Å². The summed E-state index contributed by atoms with van der Waals surface area (Å²) in [5.74, 6) is 0.242. The topological polar surface area (TPSA) is 113 Å². The Bertz CT molecular complexity index is 897. The van der Waals surface area contributed by atoms with Gasteiger partial charge in [0.05, 0.1) is 5.69 Å². The molecule has 2 aromatic heterocycles. The summed E-state index contributed by atoms with van der Waals surface area (Å²) in [4.78, 5) is 18.3. The van der Waals surface area contributed by atoms with E-state index in [0.717, 1.165) is 5.56 Å². The van der Waals surface area contributed by atoms with Crippen molar-refractivity contribution in [2.24, 2.45) is 0 Å². The van der Waals surface area contributed by atoms with E-state index in [0.29, 0.717) is 11.3 Å². The monoisotopic (exact) mass is 266 g/mol. The number of nitriles is 1. The molecule has 0 amide bonds. The molecule has 7 nitrogen and oxygen atoms in total. The summed E-state index contributed by atoms with van der Waals surface area (Å²) < 4.78 is 1.37. The molecule has 0 saturated carbocycles. The highest BCUT2D eigenvalue weighted by Gasteiger charge is 2.16. The first kappa shape index (κ1) is 11.9. The SMILES string of the molecule is Cc1ccc(-c2c(C#N)c(=O)[nH]c3nc(N)nn23)cc1. The van der Waals surface area contributed by atoms with Gasteiger partial charge in [-0.1, -0.05) is 29.8 Å². The molecule has 0 atom stereocenters. The summed E-state index contributed by atoms with van der Waals surface area (Å²) in [7, 11) is 0. The molecule has 98 valence electrons. The highest BCUT2D eigenvalue weighted by atomic mass is 16.1. The fraction of sp³-hybridized carbons (Fsp3) is 0.0769. The van der Waals surface area contributed by atoms with Gasteiger partial charge in [-0.25, -0.2) is 0 Å². The van der Waals surface area contributed by atoms with Gasteiger partial charge in [-0.2, -0.15) is 14.8 Å². The summed E-state index contributed by atoms with van der Waals surface area (Å²) in [6, 6.07) is 9.33.